The normalized spacial score (nSPS) is 16.9. The summed E-state index contributed by atoms with van der Waals surface area (Å²) in [6, 6.07) is 16.5. The maximum absolute atomic E-state index is 13.6. The quantitative estimate of drug-likeness (QED) is 0.535. The Morgan fingerprint density at radius 3 is 2.06 bits per heavy atom. The fourth-order valence-electron chi connectivity index (χ4n) is 3.91. The molecule has 0 spiro atoms. The molecular weight excluding hydrogens is 492 g/mol. The van der Waals surface area contributed by atoms with Crippen molar-refractivity contribution in [3.8, 4) is 5.75 Å². The minimum atomic E-state index is -4.31. The van der Waals surface area contributed by atoms with Gasteiger partial charge in [-0.3, -0.25) is 9.10 Å². The first-order valence-corrected chi connectivity index (χ1v) is 13.5. The highest BCUT2D eigenvalue weighted by Gasteiger charge is 2.43. The first-order valence-electron chi connectivity index (χ1n) is 10.6. The summed E-state index contributed by atoms with van der Waals surface area (Å²) in [5, 5.41) is 10.0. The summed E-state index contributed by atoms with van der Waals surface area (Å²) in [5.41, 5.74) is 1.45. The number of hydrogen-bond donors (Lipinski definition) is 1. The topological polar surface area (TPSA) is 121 Å². The molecule has 4 rings (SSSR count). The van der Waals surface area contributed by atoms with E-state index in [1.54, 1.807) is 36.4 Å². The van der Waals surface area contributed by atoms with Gasteiger partial charge in [-0.15, -0.1) is 0 Å². The van der Waals surface area contributed by atoms with Gasteiger partial charge in [0, 0.05) is 6.54 Å². The zero-order valence-electron chi connectivity index (χ0n) is 19.0. The van der Waals surface area contributed by atoms with E-state index in [0.717, 1.165) is 14.2 Å². The highest BCUT2D eigenvalue weighted by atomic mass is 32.2. The molecule has 0 aliphatic carbocycles. The van der Waals surface area contributed by atoms with Crippen LogP contribution in [0.2, 0.25) is 0 Å². The Labute approximate surface area is 204 Å². The largest absolute Gasteiger partial charge is 0.497 e. The third-order valence-electron chi connectivity index (χ3n) is 5.83. The average Bonchev–Trinajstić information content (AvgIpc) is 3.03. The molecule has 3 aromatic rings. The molecule has 1 N–H and O–H groups in total. The third-order valence-corrected chi connectivity index (χ3v) is 9.50. The minimum Gasteiger partial charge on any atom is -0.497 e. The number of para-hydroxylation sites is 1. The second-order valence-corrected chi connectivity index (χ2v) is 11.8. The summed E-state index contributed by atoms with van der Waals surface area (Å²) in [4.78, 5) is 12.2. The molecule has 0 bridgehead atoms. The summed E-state index contributed by atoms with van der Waals surface area (Å²) in [7, 11) is -7.06. The van der Waals surface area contributed by atoms with Gasteiger partial charge >= 0.3 is 5.97 Å². The number of hydrogen-bond acceptors (Lipinski definition) is 6. The van der Waals surface area contributed by atoms with Gasteiger partial charge in [-0.05, 0) is 55.0 Å². The summed E-state index contributed by atoms with van der Waals surface area (Å²) in [6.45, 7) is 0.902. The number of carboxylic acids is 1. The first kappa shape index (κ1) is 24.7. The maximum Gasteiger partial charge on any atom is 0.323 e. The zero-order valence-corrected chi connectivity index (χ0v) is 20.7. The number of rotatable bonds is 6. The number of anilines is 1. The van der Waals surface area contributed by atoms with Crippen LogP contribution in [0.1, 0.15) is 11.1 Å². The van der Waals surface area contributed by atoms with Crippen molar-refractivity contribution in [2.75, 3.05) is 18.0 Å². The van der Waals surface area contributed by atoms with Crippen LogP contribution in [-0.2, 0) is 31.4 Å². The van der Waals surface area contributed by atoms with E-state index in [1.165, 1.54) is 43.5 Å². The summed E-state index contributed by atoms with van der Waals surface area (Å²) < 4.78 is 61.3. The van der Waals surface area contributed by atoms with Crippen molar-refractivity contribution < 1.29 is 31.5 Å². The molecule has 1 unspecified atom stereocenters. The smallest absolute Gasteiger partial charge is 0.323 e. The lowest BCUT2D eigenvalue weighted by atomic mass is 10.2. The second kappa shape index (κ2) is 9.33. The Bertz CT molecular complexity index is 1450. The summed E-state index contributed by atoms with van der Waals surface area (Å²) in [5.74, 6) is -1.02. The number of aliphatic carboxylic acids is 1. The molecule has 0 aromatic heterocycles. The number of sulfonamides is 2. The molecule has 35 heavy (non-hydrogen) atoms. The molecule has 184 valence electrons. The van der Waals surface area contributed by atoms with Crippen LogP contribution in [0.25, 0.3) is 0 Å². The van der Waals surface area contributed by atoms with E-state index in [4.69, 9.17) is 4.74 Å². The number of benzene rings is 3. The van der Waals surface area contributed by atoms with E-state index >= 15 is 0 Å². The van der Waals surface area contributed by atoms with E-state index in [1.807, 2.05) is 6.92 Å². The standard InChI is InChI=1S/C24H24N2O7S2/c1-17-7-11-20(12-8-17)35(31,32)26-16-23(24(27)28)25(15-18-5-3-4-6-22(18)26)34(29,30)21-13-9-19(33-2)10-14-21/h3-14,23H,15-16H2,1-2H3,(H,27,28). The van der Waals surface area contributed by atoms with Crippen molar-refractivity contribution in [1.29, 1.82) is 0 Å². The predicted octanol–water partition coefficient (Wildman–Crippen LogP) is 2.86. The fourth-order valence-corrected chi connectivity index (χ4v) is 6.98. The number of methoxy groups -OCH3 is 1. The molecule has 0 amide bonds. The number of carboxylic acid groups (broad SMARTS) is 1. The Morgan fingerprint density at radius 2 is 1.46 bits per heavy atom. The molecule has 0 radical (unpaired) electrons. The second-order valence-electron chi connectivity index (χ2n) is 8.06. The lowest BCUT2D eigenvalue weighted by Crippen LogP contribution is -2.50. The fraction of sp³-hybridized carbons (Fsp3) is 0.208. The molecule has 1 heterocycles. The van der Waals surface area contributed by atoms with Crippen molar-refractivity contribution in [1.82, 2.24) is 4.31 Å². The number of aryl methyl sites for hydroxylation is 1. The molecule has 1 aliphatic rings. The van der Waals surface area contributed by atoms with Crippen molar-refractivity contribution in [2.45, 2.75) is 29.3 Å². The van der Waals surface area contributed by atoms with Crippen LogP contribution in [0.4, 0.5) is 5.69 Å². The molecule has 3 aromatic carbocycles. The van der Waals surface area contributed by atoms with E-state index in [0.29, 0.717) is 11.3 Å². The summed E-state index contributed by atoms with van der Waals surface area (Å²) in [6.07, 6.45) is 0. The maximum atomic E-state index is 13.6. The molecule has 0 fully saturated rings. The van der Waals surface area contributed by atoms with Gasteiger partial charge in [0.1, 0.15) is 11.8 Å². The highest BCUT2D eigenvalue weighted by molar-refractivity contribution is 7.93. The Hall–Kier alpha value is -3.41. The van der Waals surface area contributed by atoms with Gasteiger partial charge in [-0.2, -0.15) is 4.31 Å². The summed E-state index contributed by atoms with van der Waals surface area (Å²) >= 11 is 0. The van der Waals surface area contributed by atoms with E-state index in [9.17, 15) is 26.7 Å². The average molecular weight is 517 g/mol. The molecule has 1 aliphatic heterocycles. The van der Waals surface area contributed by atoms with Crippen LogP contribution >= 0.6 is 0 Å². The molecule has 1 atom stereocenters. The number of carbonyl (C=O) groups is 1. The van der Waals surface area contributed by atoms with Crippen LogP contribution in [-0.4, -0.2) is 51.9 Å². The third kappa shape index (κ3) is 4.62. The van der Waals surface area contributed by atoms with Gasteiger partial charge in [0.25, 0.3) is 10.0 Å². The number of ether oxygens (including phenoxy) is 1. The van der Waals surface area contributed by atoms with E-state index in [-0.39, 0.29) is 22.0 Å². The van der Waals surface area contributed by atoms with Crippen molar-refractivity contribution in [3.63, 3.8) is 0 Å². The minimum absolute atomic E-state index is 0.0199. The van der Waals surface area contributed by atoms with Gasteiger partial charge in [0.2, 0.25) is 10.0 Å². The number of nitrogens with zero attached hydrogens (tertiary/aromatic N) is 2. The van der Waals surface area contributed by atoms with Gasteiger partial charge in [0.15, 0.2) is 0 Å². The monoisotopic (exact) mass is 516 g/mol. The van der Waals surface area contributed by atoms with Crippen LogP contribution < -0.4 is 9.04 Å². The molecule has 11 heteroatoms. The first-order chi connectivity index (χ1) is 16.6. The lowest BCUT2D eigenvalue weighted by molar-refractivity contribution is -0.141. The number of fused-ring (bicyclic) bond motifs is 1. The predicted molar refractivity (Wildman–Crippen MR) is 129 cm³/mol. The van der Waals surface area contributed by atoms with Crippen LogP contribution in [0.5, 0.6) is 5.75 Å². The zero-order chi connectivity index (χ0) is 25.4. The van der Waals surface area contributed by atoms with Gasteiger partial charge in [-0.25, -0.2) is 16.8 Å². The van der Waals surface area contributed by atoms with Gasteiger partial charge < -0.3 is 9.84 Å². The van der Waals surface area contributed by atoms with Crippen LogP contribution in [0.3, 0.4) is 0 Å². The molecular formula is C24H24N2O7S2. The van der Waals surface area contributed by atoms with E-state index in [2.05, 4.69) is 0 Å². The SMILES string of the molecule is COc1ccc(S(=O)(=O)N2Cc3ccccc3N(S(=O)(=O)c3ccc(C)cc3)CC2C(=O)O)cc1. The van der Waals surface area contributed by atoms with Crippen molar-refractivity contribution >= 4 is 31.7 Å². The Morgan fingerprint density at radius 1 is 0.886 bits per heavy atom. The molecule has 0 saturated heterocycles. The van der Waals surface area contributed by atoms with Gasteiger partial charge in [0.05, 0.1) is 29.1 Å². The van der Waals surface area contributed by atoms with Crippen LogP contribution in [0, 0.1) is 6.92 Å². The van der Waals surface area contributed by atoms with Crippen molar-refractivity contribution in [3.05, 3.63) is 83.9 Å². The van der Waals surface area contributed by atoms with Crippen LogP contribution in [0.15, 0.2) is 82.6 Å². The lowest BCUT2D eigenvalue weighted by Gasteiger charge is -2.29. The molecule has 9 nitrogen and oxygen atoms in total. The Balaban J connectivity index is 1.85. The van der Waals surface area contributed by atoms with Gasteiger partial charge in [-0.1, -0.05) is 35.9 Å². The van der Waals surface area contributed by atoms with E-state index < -0.39 is 38.6 Å². The van der Waals surface area contributed by atoms with Crippen molar-refractivity contribution in [2.24, 2.45) is 0 Å². The highest BCUT2D eigenvalue weighted by Crippen LogP contribution is 2.34. The molecule has 0 saturated carbocycles. The Kier molecular flexibility index (Phi) is 6.58.